The number of fused-ring (bicyclic) bond motifs is 1. The van der Waals surface area contributed by atoms with Crippen molar-refractivity contribution in [3.05, 3.63) is 35.4 Å². The minimum atomic E-state index is -0.181. The number of aliphatic hydroxyl groups excluding tert-OH is 1. The van der Waals surface area contributed by atoms with Crippen LogP contribution in [0.25, 0.3) is 0 Å². The molecule has 25 heavy (non-hydrogen) atoms. The summed E-state index contributed by atoms with van der Waals surface area (Å²) in [4.78, 5) is 14.7. The molecular formula is C20H31N3O2. The summed E-state index contributed by atoms with van der Waals surface area (Å²) in [5.41, 5.74) is 2.66. The molecule has 0 spiro atoms. The van der Waals surface area contributed by atoms with Crippen LogP contribution in [0, 0.1) is 5.41 Å². The summed E-state index contributed by atoms with van der Waals surface area (Å²) in [5.74, 6) is 0. The first-order valence-corrected chi connectivity index (χ1v) is 9.48. The lowest BCUT2D eigenvalue weighted by atomic mass is 9.86. The normalized spacial score (nSPS) is 27.6. The van der Waals surface area contributed by atoms with Crippen LogP contribution in [0.3, 0.4) is 0 Å². The van der Waals surface area contributed by atoms with Gasteiger partial charge in [0.05, 0.1) is 6.61 Å². The molecule has 3 atom stereocenters. The lowest BCUT2D eigenvalue weighted by molar-refractivity contribution is 0.120. The van der Waals surface area contributed by atoms with Crippen LogP contribution in [0.2, 0.25) is 0 Å². The molecule has 2 amide bonds. The third-order valence-electron chi connectivity index (χ3n) is 6.09. The minimum Gasteiger partial charge on any atom is -0.396 e. The number of urea groups is 1. The van der Waals surface area contributed by atoms with Crippen LogP contribution in [0.1, 0.15) is 44.2 Å². The van der Waals surface area contributed by atoms with Gasteiger partial charge in [0.2, 0.25) is 0 Å². The largest absolute Gasteiger partial charge is 0.396 e. The van der Waals surface area contributed by atoms with Gasteiger partial charge < -0.3 is 15.7 Å². The van der Waals surface area contributed by atoms with Crippen LogP contribution in [-0.4, -0.2) is 47.8 Å². The van der Waals surface area contributed by atoms with E-state index < -0.39 is 0 Å². The molecule has 0 radical (unpaired) electrons. The first kappa shape index (κ1) is 18.2. The molecule has 0 bridgehead atoms. The molecule has 1 aliphatic heterocycles. The van der Waals surface area contributed by atoms with E-state index in [9.17, 15) is 9.90 Å². The van der Waals surface area contributed by atoms with E-state index in [-0.39, 0.29) is 24.1 Å². The monoisotopic (exact) mass is 345 g/mol. The fourth-order valence-electron chi connectivity index (χ4n) is 4.14. The average molecular weight is 345 g/mol. The highest BCUT2D eigenvalue weighted by atomic mass is 16.3. The van der Waals surface area contributed by atoms with Crippen molar-refractivity contribution in [3.8, 4) is 0 Å². The van der Waals surface area contributed by atoms with Crippen molar-refractivity contribution in [1.29, 1.82) is 0 Å². The number of carbonyl (C=O) groups is 1. The van der Waals surface area contributed by atoms with Crippen LogP contribution in [-0.2, 0) is 13.0 Å². The molecule has 3 rings (SSSR count). The molecule has 1 fully saturated rings. The van der Waals surface area contributed by atoms with Gasteiger partial charge >= 0.3 is 6.03 Å². The van der Waals surface area contributed by atoms with Gasteiger partial charge in [-0.15, -0.1) is 0 Å². The molecule has 0 aromatic heterocycles. The maximum absolute atomic E-state index is 12.3. The summed E-state index contributed by atoms with van der Waals surface area (Å²) in [6.07, 6.45) is 4.05. The molecule has 3 unspecified atom stereocenters. The number of hydrogen-bond acceptors (Lipinski definition) is 3. The Kier molecular flexibility index (Phi) is 5.64. The molecule has 138 valence electrons. The van der Waals surface area contributed by atoms with Gasteiger partial charge in [-0.3, -0.25) is 4.90 Å². The van der Waals surface area contributed by atoms with Crippen molar-refractivity contribution < 1.29 is 9.90 Å². The number of rotatable bonds is 5. The Morgan fingerprint density at radius 2 is 2.16 bits per heavy atom. The Morgan fingerprint density at radius 3 is 2.92 bits per heavy atom. The van der Waals surface area contributed by atoms with Gasteiger partial charge in [-0.2, -0.15) is 0 Å². The highest BCUT2D eigenvalue weighted by Gasteiger charge is 2.39. The molecule has 5 heteroatoms. The Balaban J connectivity index is 1.46. The van der Waals surface area contributed by atoms with Crippen LogP contribution in [0.4, 0.5) is 4.79 Å². The zero-order valence-corrected chi connectivity index (χ0v) is 15.4. The van der Waals surface area contributed by atoms with Gasteiger partial charge in [-0.25, -0.2) is 4.79 Å². The van der Waals surface area contributed by atoms with E-state index in [0.717, 1.165) is 38.8 Å². The lowest BCUT2D eigenvalue weighted by Gasteiger charge is -2.34. The van der Waals surface area contributed by atoms with Crippen molar-refractivity contribution in [3.63, 3.8) is 0 Å². The Labute approximate surface area is 150 Å². The highest BCUT2D eigenvalue weighted by molar-refractivity contribution is 5.74. The summed E-state index contributed by atoms with van der Waals surface area (Å²) in [5, 5.41) is 15.7. The Bertz CT molecular complexity index is 606. The Morgan fingerprint density at radius 1 is 1.40 bits per heavy atom. The maximum atomic E-state index is 12.3. The number of amides is 2. The molecule has 0 saturated heterocycles. The second-order valence-electron chi connectivity index (χ2n) is 7.95. The van der Waals surface area contributed by atoms with E-state index in [2.05, 4.69) is 53.6 Å². The smallest absolute Gasteiger partial charge is 0.315 e. The van der Waals surface area contributed by atoms with Crippen molar-refractivity contribution in [2.75, 3.05) is 19.7 Å². The predicted molar refractivity (Wildman–Crippen MR) is 99.4 cm³/mol. The fraction of sp³-hybridized carbons (Fsp3) is 0.650. The molecule has 1 aliphatic carbocycles. The van der Waals surface area contributed by atoms with Crippen molar-refractivity contribution in [2.45, 2.75) is 58.2 Å². The van der Waals surface area contributed by atoms with Crippen molar-refractivity contribution in [1.82, 2.24) is 15.5 Å². The lowest BCUT2D eigenvalue weighted by Crippen LogP contribution is -2.51. The van der Waals surface area contributed by atoms with E-state index in [1.54, 1.807) is 0 Å². The number of nitrogens with zero attached hydrogens (tertiary/aromatic N) is 1. The molecule has 2 aliphatic rings. The van der Waals surface area contributed by atoms with E-state index in [4.69, 9.17) is 0 Å². The molecule has 1 heterocycles. The van der Waals surface area contributed by atoms with Crippen LogP contribution in [0.5, 0.6) is 0 Å². The van der Waals surface area contributed by atoms with Gasteiger partial charge in [-0.05, 0) is 37.3 Å². The first-order chi connectivity index (χ1) is 12.0. The molecule has 3 N–H and O–H groups in total. The van der Waals surface area contributed by atoms with Gasteiger partial charge in [-0.1, -0.05) is 37.6 Å². The maximum Gasteiger partial charge on any atom is 0.315 e. The zero-order valence-electron chi connectivity index (χ0n) is 15.4. The molecule has 1 aromatic rings. The predicted octanol–water partition coefficient (Wildman–Crippen LogP) is 2.28. The zero-order chi connectivity index (χ0) is 17.9. The number of carbonyl (C=O) groups excluding carboxylic acids is 1. The van der Waals surface area contributed by atoms with Crippen molar-refractivity contribution in [2.24, 2.45) is 5.41 Å². The van der Waals surface area contributed by atoms with E-state index in [1.165, 1.54) is 11.1 Å². The standard InChI is InChI=1S/C20H31N3O2/c1-15(23-11-9-16-6-3-4-7-17(16)13-23)12-21-19(25)22-18-8-5-10-20(18,2)14-24/h3-4,6-7,15,18,24H,5,8-14H2,1-2H3,(H2,21,22,25). The number of benzene rings is 1. The number of nitrogens with one attached hydrogen (secondary N) is 2. The highest BCUT2D eigenvalue weighted by Crippen LogP contribution is 2.37. The summed E-state index contributed by atoms with van der Waals surface area (Å²) in [7, 11) is 0. The summed E-state index contributed by atoms with van der Waals surface area (Å²) < 4.78 is 0. The minimum absolute atomic E-state index is 0.0645. The fourth-order valence-corrected chi connectivity index (χ4v) is 4.14. The summed E-state index contributed by atoms with van der Waals surface area (Å²) in [6, 6.07) is 8.86. The van der Waals surface area contributed by atoms with Crippen LogP contribution < -0.4 is 10.6 Å². The second kappa shape index (κ2) is 7.75. The van der Waals surface area contributed by atoms with Gasteiger partial charge in [0.1, 0.15) is 0 Å². The van der Waals surface area contributed by atoms with Crippen molar-refractivity contribution >= 4 is 6.03 Å². The first-order valence-electron chi connectivity index (χ1n) is 9.48. The second-order valence-corrected chi connectivity index (χ2v) is 7.95. The molecular weight excluding hydrogens is 314 g/mol. The molecule has 1 aromatic carbocycles. The average Bonchev–Trinajstić information content (AvgIpc) is 3.00. The SMILES string of the molecule is CC(CNC(=O)NC1CCCC1(C)CO)N1CCc2ccccc2C1. The van der Waals surface area contributed by atoms with E-state index in [0.29, 0.717) is 12.6 Å². The van der Waals surface area contributed by atoms with E-state index >= 15 is 0 Å². The van der Waals surface area contributed by atoms with Gasteiger partial charge in [0.25, 0.3) is 0 Å². The number of aliphatic hydroxyl groups is 1. The summed E-state index contributed by atoms with van der Waals surface area (Å²) >= 11 is 0. The van der Waals surface area contributed by atoms with Crippen LogP contribution in [0.15, 0.2) is 24.3 Å². The quantitative estimate of drug-likeness (QED) is 0.767. The molecule has 1 saturated carbocycles. The third kappa shape index (κ3) is 4.15. The van der Waals surface area contributed by atoms with Gasteiger partial charge in [0, 0.05) is 37.1 Å². The topological polar surface area (TPSA) is 64.6 Å². The van der Waals surface area contributed by atoms with E-state index in [1.807, 2.05) is 0 Å². The molecule has 5 nitrogen and oxygen atoms in total. The van der Waals surface area contributed by atoms with Crippen LogP contribution >= 0.6 is 0 Å². The Hall–Kier alpha value is -1.59. The number of hydrogen-bond donors (Lipinski definition) is 3. The summed E-state index contributed by atoms with van der Waals surface area (Å²) in [6.45, 7) is 6.97. The third-order valence-corrected chi connectivity index (χ3v) is 6.09. The van der Waals surface area contributed by atoms with Gasteiger partial charge in [0.15, 0.2) is 0 Å².